The quantitative estimate of drug-likeness (QED) is 0.732. The summed E-state index contributed by atoms with van der Waals surface area (Å²) >= 11 is 0. The fourth-order valence-corrected chi connectivity index (χ4v) is 3.64. The van der Waals surface area contributed by atoms with Crippen molar-refractivity contribution in [3.63, 3.8) is 0 Å². The SMILES string of the molecule is Cc1ccc(Cn2c(=O)c(C(=O)N3CC[NH+](C)CC3)cc3cccnc32)cc1. The zero-order valence-corrected chi connectivity index (χ0v) is 16.3. The van der Waals surface area contributed by atoms with E-state index in [-0.39, 0.29) is 17.0 Å². The number of benzene rings is 1. The Morgan fingerprint density at radius 2 is 1.86 bits per heavy atom. The van der Waals surface area contributed by atoms with Crippen LogP contribution in [0.25, 0.3) is 11.0 Å². The Hall–Kier alpha value is -2.99. The van der Waals surface area contributed by atoms with Crippen LogP contribution in [0.3, 0.4) is 0 Å². The molecule has 0 unspecified atom stereocenters. The second-order valence-corrected chi connectivity index (χ2v) is 7.60. The van der Waals surface area contributed by atoms with Gasteiger partial charge in [0.25, 0.3) is 11.5 Å². The fraction of sp³-hybridized carbons (Fsp3) is 0.318. The maximum Gasteiger partial charge on any atom is 0.265 e. The molecule has 3 heterocycles. The number of aryl methyl sites for hydroxylation is 1. The number of nitrogens with one attached hydrogen (secondary N) is 1. The average Bonchev–Trinajstić information content (AvgIpc) is 2.71. The third kappa shape index (κ3) is 3.55. The van der Waals surface area contributed by atoms with Crippen molar-refractivity contribution in [2.75, 3.05) is 33.2 Å². The number of amides is 1. The van der Waals surface area contributed by atoms with Crippen molar-refractivity contribution in [1.29, 1.82) is 0 Å². The predicted molar refractivity (Wildman–Crippen MR) is 109 cm³/mol. The lowest BCUT2D eigenvalue weighted by molar-refractivity contribution is -0.883. The first-order valence-electron chi connectivity index (χ1n) is 9.67. The Bertz CT molecular complexity index is 1060. The number of quaternary nitrogens is 1. The number of aromatic nitrogens is 2. The lowest BCUT2D eigenvalue weighted by atomic mass is 10.1. The molecule has 1 aliphatic rings. The van der Waals surface area contributed by atoms with Gasteiger partial charge in [0.2, 0.25) is 0 Å². The molecule has 28 heavy (non-hydrogen) atoms. The zero-order valence-electron chi connectivity index (χ0n) is 16.3. The van der Waals surface area contributed by atoms with E-state index in [0.717, 1.165) is 24.0 Å². The monoisotopic (exact) mass is 377 g/mol. The fourth-order valence-electron chi connectivity index (χ4n) is 3.64. The first-order valence-corrected chi connectivity index (χ1v) is 9.67. The molecule has 0 saturated carbocycles. The second-order valence-electron chi connectivity index (χ2n) is 7.60. The standard InChI is InChI=1S/C22H24N4O2/c1-16-5-7-17(8-6-16)15-26-20-18(4-3-9-23-20)14-19(22(26)28)21(27)25-12-10-24(2)11-13-25/h3-9,14H,10-13,15H2,1-2H3/p+1. The van der Waals surface area contributed by atoms with Gasteiger partial charge in [0, 0.05) is 11.6 Å². The maximum absolute atomic E-state index is 13.3. The van der Waals surface area contributed by atoms with E-state index < -0.39 is 0 Å². The molecular weight excluding hydrogens is 352 g/mol. The Labute approximate surface area is 164 Å². The number of carbonyl (C=O) groups excluding carboxylic acids is 1. The number of carbonyl (C=O) groups is 1. The molecule has 6 nitrogen and oxygen atoms in total. The van der Waals surface area contributed by atoms with Gasteiger partial charge in [-0.3, -0.25) is 14.2 Å². The van der Waals surface area contributed by atoms with E-state index in [0.29, 0.717) is 25.3 Å². The first-order chi connectivity index (χ1) is 13.5. The van der Waals surface area contributed by atoms with E-state index in [1.807, 2.05) is 43.3 Å². The summed E-state index contributed by atoms with van der Waals surface area (Å²) in [6, 6.07) is 13.5. The minimum atomic E-state index is -0.275. The highest BCUT2D eigenvalue weighted by Gasteiger charge is 2.25. The van der Waals surface area contributed by atoms with Gasteiger partial charge >= 0.3 is 0 Å². The van der Waals surface area contributed by atoms with Crippen LogP contribution in [0.4, 0.5) is 0 Å². The first kappa shape index (κ1) is 18.4. The van der Waals surface area contributed by atoms with Gasteiger partial charge in [-0.05, 0) is 30.7 Å². The topological polar surface area (TPSA) is 59.6 Å². The minimum absolute atomic E-state index is 0.180. The molecule has 0 radical (unpaired) electrons. The molecule has 1 amide bonds. The van der Waals surface area contributed by atoms with E-state index in [9.17, 15) is 9.59 Å². The molecular formula is C22H25N4O2+. The Balaban J connectivity index is 1.77. The molecule has 0 bridgehead atoms. The van der Waals surface area contributed by atoms with Gasteiger partial charge in [0.05, 0.1) is 39.8 Å². The van der Waals surface area contributed by atoms with Crippen molar-refractivity contribution in [3.8, 4) is 0 Å². The van der Waals surface area contributed by atoms with E-state index in [1.165, 1.54) is 10.5 Å². The second kappa shape index (κ2) is 7.56. The lowest BCUT2D eigenvalue weighted by Crippen LogP contribution is -3.12. The van der Waals surface area contributed by atoms with Gasteiger partial charge in [-0.15, -0.1) is 0 Å². The van der Waals surface area contributed by atoms with Crippen molar-refractivity contribution in [2.45, 2.75) is 13.5 Å². The van der Waals surface area contributed by atoms with Crippen LogP contribution in [-0.4, -0.2) is 53.6 Å². The van der Waals surface area contributed by atoms with Crippen LogP contribution in [0.1, 0.15) is 21.5 Å². The van der Waals surface area contributed by atoms with Crippen molar-refractivity contribution in [1.82, 2.24) is 14.5 Å². The van der Waals surface area contributed by atoms with Gasteiger partial charge in [-0.1, -0.05) is 29.8 Å². The number of piperazine rings is 1. The summed E-state index contributed by atoms with van der Waals surface area (Å²) < 4.78 is 1.62. The number of likely N-dealkylation sites (N-methyl/N-ethyl adjacent to an activating group) is 1. The molecule has 2 aromatic heterocycles. The van der Waals surface area contributed by atoms with Crippen LogP contribution in [-0.2, 0) is 6.54 Å². The highest BCUT2D eigenvalue weighted by molar-refractivity contribution is 5.97. The molecule has 0 spiro atoms. The van der Waals surface area contributed by atoms with E-state index in [4.69, 9.17) is 0 Å². The number of pyridine rings is 2. The highest BCUT2D eigenvalue weighted by atomic mass is 16.2. The Morgan fingerprint density at radius 3 is 2.57 bits per heavy atom. The van der Waals surface area contributed by atoms with Crippen LogP contribution in [0, 0.1) is 6.92 Å². The summed E-state index contributed by atoms with van der Waals surface area (Å²) in [5, 5.41) is 0.803. The largest absolute Gasteiger partial charge is 0.334 e. The molecule has 0 aliphatic carbocycles. The van der Waals surface area contributed by atoms with E-state index in [1.54, 1.807) is 21.7 Å². The average molecular weight is 377 g/mol. The Morgan fingerprint density at radius 1 is 1.14 bits per heavy atom. The number of fused-ring (bicyclic) bond motifs is 1. The zero-order chi connectivity index (χ0) is 19.7. The van der Waals surface area contributed by atoms with Gasteiger partial charge in [-0.25, -0.2) is 4.98 Å². The van der Waals surface area contributed by atoms with Crippen LogP contribution in [0.15, 0.2) is 53.5 Å². The molecule has 1 N–H and O–H groups in total. The van der Waals surface area contributed by atoms with Gasteiger partial charge < -0.3 is 9.80 Å². The molecule has 4 rings (SSSR count). The maximum atomic E-state index is 13.3. The molecule has 1 saturated heterocycles. The molecule has 6 heteroatoms. The lowest BCUT2D eigenvalue weighted by Gasteiger charge is -2.30. The third-order valence-electron chi connectivity index (χ3n) is 5.44. The van der Waals surface area contributed by atoms with E-state index >= 15 is 0 Å². The number of nitrogens with zero attached hydrogens (tertiary/aromatic N) is 3. The summed E-state index contributed by atoms with van der Waals surface area (Å²) in [5.74, 6) is -0.180. The number of rotatable bonds is 3. The van der Waals surface area contributed by atoms with Gasteiger partial charge in [0.15, 0.2) is 0 Å². The van der Waals surface area contributed by atoms with Crippen molar-refractivity contribution < 1.29 is 9.69 Å². The third-order valence-corrected chi connectivity index (χ3v) is 5.44. The summed E-state index contributed by atoms with van der Waals surface area (Å²) in [5.41, 5.74) is 2.73. The Kier molecular flexibility index (Phi) is 4.96. The molecule has 144 valence electrons. The smallest absolute Gasteiger partial charge is 0.265 e. The van der Waals surface area contributed by atoms with Crippen LogP contribution < -0.4 is 10.5 Å². The van der Waals surface area contributed by atoms with Crippen LogP contribution in [0.5, 0.6) is 0 Å². The normalized spacial score (nSPS) is 15.1. The van der Waals surface area contributed by atoms with E-state index in [2.05, 4.69) is 12.0 Å². The number of hydrogen-bond donors (Lipinski definition) is 1. The van der Waals surface area contributed by atoms with Gasteiger partial charge in [0.1, 0.15) is 11.2 Å². The van der Waals surface area contributed by atoms with Crippen molar-refractivity contribution in [2.24, 2.45) is 0 Å². The number of hydrogen-bond acceptors (Lipinski definition) is 3. The summed E-state index contributed by atoms with van der Waals surface area (Å²) in [6.07, 6.45) is 1.68. The molecule has 1 fully saturated rings. The minimum Gasteiger partial charge on any atom is -0.334 e. The predicted octanol–water partition coefficient (Wildman–Crippen LogP) is 0.724. The molecule has 1 aromatic carbocycles. The molecule has 0 atom stereocenters. The molecule has 3 aromatic rings. The van der Waals surface area contributed by atoms with Crippen LogP contribution in [0.2, 0.25) is 0 Å². The van der Waals surface area contributed by atoms with Gasteiger partial charge in [-0.2, -0.15) is 0 Å². The van der Waals surface area contributed by atoms with Crippen molar-refractivity contribution >= 4 is 16.9 Å². The summed E-state index contributed by atoms with van der Waals surface area (Å²) in [6.45, 7) is 5.57. The van der Waals surface area contributed by atoms with Crippen LogP contribution >= 0.6 is 0 Å². The molecule has 1 aliphatic heterocycles. The summed E-state index contributed by atoms with van der Waals surface area (Å²) in [4.78, 5) is 34.0. The highest BCUT2D eigenvalue weighted by Crippen LogP contribution is 2.14. The van der Waals surface area contributed by atoms with Crippen molar-refractivity contribution in [3.05, 3.63) is 75.7 Å². The summed E-state index contributed by atoms with van der Waals surface area (Å²) in [7, 11) is 2.12.